The fourth-order valence-electron chi connectivity index (χ4n) is 1.18. The Kier molecular flexibility index (Phi) is 5.25. The first-order valence-corrected chi connectivity index (χ1v) is 5.80. The lowest BCUT2D eigenvalue weighted by molar-refractivity contribution is -0.142. The third-order valence-electron chi connectivity index (χ3n) is 2.08. The van der Waals surface area contributed by atoms with E-state index in [1.807, 2.05) is 0 Å². The maximum atomic E-state index is 11.6. The van der Waals surface area contributed by atoms with Gasteiger partial charge in [0.2, 0.25) is 0 Å². The highest BCUT2D eigenvalue weighted by Gasteiger charge is 2.16. The zero-order chi connectivity index (χ0) is 13.7. The zero-order valence-electron chi connectivity index (χ0n) is 9.79. The van der Waals surface area contributed by atoms with E-state index in [1.54, 1.807) is 12.1 Å². The number of nitrogens with one attached hydrogen (secondary N) is 2. The normalized spacial score (nSPS) is 11.6. The minimum atomic E-state index is -0.757. The van der Waals surface area contributed by atoms with E-state index >= 15 is 0 Å². The summed E-state index contributed by atoms with van der Waals surface area (Å²) in [4.78, 5) is 22.7. The molecular weight excluding hydrogens is 279 g/mol. The van der Waals surface area contributed by atoms with Crippen LogP contribution in [0, 0.1) is 0 Å². The van der Waals surface area contributed by atoms with Crippen molar-refractivity contribution in [2.45, 2.75) is 13.0 Å². The first-order valence-electron chi connectivity index (χ1n) is 5.04. The molecule has 1 rings (SSSR count). The highest BCUT2D eigenvalue weighted by molar-refractivity contribution is 6.35. The molecular formula is C11H12Cl2N2O3. The summed E-state index contributed by atoms with van der Waals surface area (Å²) in [5.74, 6) is -0.539. The first-order chi connectivity index (χ1) is 8.43. The van der Waals surface area contributed by atoms with Crippen molar-refractivity contribution in [3.8, 4) is 0 Å². The molecule has 0 aromatic heterocycles. The molecule has 0 saturated carbocycles. The molecule has 18 heavy (non-hydrogen) atoms. The van der Waals surface area contributed by atoms with Crippen LogP contribution in [0.25, 0.3) is 0 Å². The van der Waals surface area contributed by atoms with Gasteiger partial charge >= 0.3 is 12.0 Å². The van der Waals surface area contributed by atoms with Gasteiger partial charge < -0.3 is 15.4 Å². The highest BCUT2D eigenvalue weighted by atomic mass is 35.5. The maximum Gasteiger partial charge on any atom is 0.328 e. The minimum Gasteiger partial charge on any atom is -0.467 e. The summed E-state index contributed by atoms with van der Waals surface area (Å²) < 4.78 is 4.48. The lowest BCUT2D eigenvalue weighted by atomic mass is 10.3. The number of methoxy groups -OCH3 is 1. The number of amides is 2. The molecule has 1 aromatic rings. The standard InChI is InChI=1S/C11H12Cl2N2O3/c1-6(10(16)18-2)14-11(17)15-9-5-7(12)3-4-8(9)13/h3-6H,1-2H3,(H2,14,15,17)/t6-/m0/s1. The predicted molar refractivity (Wildman–Crippen MR) is 70.1 cm³/mol. The summed E-state index contributed by atoms with van der Waals surface area (Å²) in [5, 5.41) is 5.67. The van der Waals surface area contributed by atoms with E-state index in [2.05, 4.69) is 15.4 Å². The van der Waals surface area contributed by atoms with Crippen LogP contribution in [0.4, 0.5) is 10.5 Å². The predicted octanol–water partition coefficient (Wildman–Crippen LogP) is 2.68. The quantitative estimate of drug-likeness (QED) is 0.841. The van der Waals surface area contributed by atoms with Crippen LogP contribution in [-0.4, -0.2) is 25.2 Å². The van der Waals surface area contributed by atoms with Crippen molar-refractivity contribution in [2.75, 3.05) is 12.4 Å². The summed E-state index contributed by atoms with van der Waals surface area (Å²) in [6.45, 7) is 1.50. The first kappa shape index (κ1) is 14.6. The molecule has 0 bridgehead atoms. The average molecular weight is 291 g/mol. The number of esters is 1. The number of hydrogen-bond donors (Lipinski definition) is 2. The molecule has 2 N–H and O–H groups in total. The number of rotatable bonds is 3. The van der Waals surface area contributed by atoms with Crippen molar-refractivity contribution in [3.63, 3.8) is 0 Å². The molecule has 0 heterocycles. The Morgan fingerprint density at radius 1 is 1.33 bits per heavy atom. The molecule has 1 atom stereocenters. The van der Waals surface area contributed by atoms with E-state index in [0.29, 0.717) is 15.7 Å². The number of carbonyl (C=O) groups is 2. The third-order valence-corrected chi connectivity index (χ3v) is 2.64. The molecule has 0 aliphatic rings. The van der Waals surface area contributed by atoms with Crippen LogP contribution in [-0.2, 0) is 9.53 Å². The van der Waals surface area contributed by atoms with Gasteiger partial charge in [-0.15, -0.1) is 0 Å². The van der Waals surface area contributed by atoms with Crippen molar-refractivity contribution in [1.29, 1.82) is 0 Å². The van der Waals surface area contributed by atoms with E-state index in [1.165, 1.54) is 20.1 Å². The number of urea groups is 1. The lowest BCUT2D eigenvalue weighted by Gasteiger charge is -2.13. The fourth-order valence-corrected chi connectivity index (χ4v) is 1.52. The number of carbonyl (C=O) groups excluding carboxylic acids is 2. The van der Waals surface area contributed by atoms with E-state index in [-0.39, 0.29) is 0 Å². The van der Waals surface area contributed by atoms with E-state index in [0.717, 1.165) is 0 Å². The largest absolute Gasteiger partial charge is 0.467 e. The molecule has 0 unspecified atom stereocenters. The minimum absolute atomic E-state index is 0.347. The lowest BCUT2D eigenvalue weighted by Crippen LogP contribution is -2.41. The van der Waals surface area contributed by atoms with Gasteiger partial charge in [0.15, 0.2) is 0 Å². The summed E-state index contributed by atoms with van der Waals surface area (Å²) in [6.07, 6.45) is 0. The zero-order valence-corrected chi connectivity index (χ0v) is 11.3. The van der Waals surface area contributed by atoms with Crippen LogP contribution in [0.5, 0.6) is 0 Å². The Hall–Kier alpha value is -1.46. The van der Waals surface area contributed by atoms with Crippen LogP contribution in [0.2, 0.25) is 10.0 Å². The second kappa shape index (κ2) is 6.47. The highest BCUT2D eigenvalue weighted by Crippen LogP contribution is 2.25. The van der Waals surface area contributed by atoms with Crippen molar-refractivity contribution < 1.29 is 14.3 Å². The van der Waals surface area contributed by atoms with Crippen LogP contribution < -0.4 is 10.6 Å². The molecule has 0 saturated heterocycles. The van der Waals surface area contributed by atoms with Gasteiger partial charge in [-0.3, -0.25) is 0 Å². The molecule has 0 aliphatic carbocycles. The van der Waals surface area contributed by atoms with Crippen molar-refractivity contribution in [3.05, 3.63) is 28.2 Å². The number of benzene rings is 1. The number of anilines is 1. The summed E-state index contributed by atoms with van der Waals surface area (Å²) >= 11 is 11.6. The van der Waals surface area contributed by atoms with Crippen LogP contribution in [0.3, 0.4) is 0 Å². The van der Waals surface area contributed by atoms with Gasteiger partial charge in [-0.05, 0) is 25.1 Å². The second-order valence-corrected chi connectivity index (χ2v) is 4.31. The Morgan fingerprint density at radius 3 is 2.61 bits per heavy atom. The number of ether oxygens (including phenoxy) is 1. The van der Waals surface area contributed by atoms with Gasteiger partial charge in [0.25, 0.3) is 0 Å². The second-order valence-electron chi connectivity index (χ2n) is 3.47. The third kappa shape index (κ3) is 4.09. The molecule has 98 valence electrons. The monoisotopic (exact) mass is 290 g/mol. The van der Waals surface area contributed by atoms with Crippen molar-refractivity contribution in [1.82, 2.24) is 5.32 Å². The molecule has 0 fully saturated rings. The molecule has 5 nitrogen and oxygen atoms in total. The van der Waals surface area contributed by atoms with Crippen molar-refractivity contribution in [2.24, 2.45) is 0 Å². The van der Waals surface area contributed by atoms with Crippen LogP contribution in [0.15, 0.2) is 18.2 Å². The number of halogens is 2. The van der Waals surface area contributed by atoms with E-state index in [9.17, 15) is 9.59 Å². The van der Waals surface area contributed by atoms with Crippen LogP contribution in [0.1, 0.15) is 6.92 Å². The average Bonchev–Trinajstić information content (AvgIpc) is 2.32. The Bertz CT molecular complexity index is 466. The molecule has 0 aliphatic heterocycles. The van der Waals surface area contributed by atoms with Gasteiger partial charge in [-0.25, -0.2) is 9.59 Å². The molecule has 7 heteroatoms. The maximum absolute atomic E-state index is 11.6. The molecule has 0 spiro atoms. The molecule has 0 radical (unpaired) electrons. The van der Waals surface area contributed by atoms with Gasteiger partial charge in [-0.1, -0.05) is 23.2 Å². The number of hydrogen-bond acceptors (Lipinski definition) is 3. The van der Waals surface area contributed by atoms with Crippen LogP contribution >= 0.6 is 23.2 Å². The Morgan fingerprint density at radius 2 is 2.00 bits per heavy atom. The van der Waals surface area contributed by atoms with E-state index < -0.39 is 18.0 Å². The summed E-state index contributed by atoms with van der Waals surface area (Å²) in [7, 11) is 1.24. The fraction of sp³-hybridized carbons (Fsp3) is 0.273. The van der Waals surface area contributed by atoms with E-state index in [4.69, 9.17) is 23.2 Å². The molecule has 1 aromatic carbocycles. The van der Waals surface area contributed by atoms with Gasteiger partial charge in [0, 0.05) is 5.02 Å². The topological polar surface area (TPSA) is 67.4 Å². The van der Waals surface area contributed by atoms with Crippen molar-refractivity contribution >= 4 is 40.9 Å². The Labute approximate surface area is 114 Å². The molecule has 2 amide bonds. The van der Waals surface area contributed by atoms with Gasteiger partial charge in [0.1, 0.15) is 6.04 Å². The Balaban J connectivity index is 2.65. The summed E-state index contributed by atoms with van der Waals surface area (Å²) in [6, 6.07) is 3.34. The SMILES string of the molecule is COC(=O)[C@H](C)NC(=O)Nc1cc(Cl)ccc1Cl. The van der Waals surface area contributed by atoms with Gasteiger partial charge in [0.05, 0.1) is 17.8 Å². The van der Waals surface area contributed by atoms with Gasteiger partial charge in [-0.2, -0.15) is 0 Å². The smallest absolute Gasteiger partial charge is 0.328 e. The summed E-state index contributed by atoms with van der Waals surface area (Å²) in [5.41, 5.74) is 0.360.